The van der Waals surface area contributed by atoms with Crippen LogP contribution >= 0.6 is 6.72 Å². The Balaban J connectivity index is 1.83. The van der Waals surface area contributed by atoms with Gasteiger partial charge in [0.05, 0.1) is 13.2 Å². The van der Waals surface area contributed by atoms with Gasteiger partial charge in [0.25, 0.3) is 0 Å². The first-order valence-electron chi connectivity index (χ1n) is 11.1. The molecule has 1 rings (SSSR count). The SMILES string of the molecule is CCCCCCCC/C=C/CCCCCCCC1OCC(COP(O)(O)=S)O1. The lowest BCUT2D eigenvalue weighted by molar-refractivity contribution is -0.0691. The average molecular weight is 437 g/mol. The Hall–Kier alpha value is 0.190. The van der Waals surface area contributed by atoms with E-state index in [1.807, 2.05) is 0 Å². The smallest absolute Gasteiger partial charge is 0.321 e. The maximum atomic E-state index is 9.05. The molecule has 28 heavy (non-hydrogen) atoms. The van der Waals surface area contributed by atoms with Crippen LogP contribution in [0.2, 0.25) is 0 Å². The summed E-state index contributed by atoms with van der Waals surface area (Å²) >= 11 is 4.42. The topological polar surface area (TPSA) is 68.2 Å². The minimum atomic E-state index is -3.60. The highest BCUT2D eigenvalue weighted by atomic mass is 32.5. The molecule has 2 atom stereocenters. The third-order valence-electron chi connectivity index (χ3n) is 4.94. The van der Waals surface area contributed by atoms with E-state index in [1.165, 1.54) is 77.0 Å². The number of hydrogen-bond donors (Lipinski definition) is 2. The first-order valence-corrected chi connectivity index (χ1v) is 13.8. The average Bonchev–Trinajstić information content (AvgIpc) is 3.10. The van der Waals surface area contributed by atoms with Crippen LogP contribution in [0.25, 0.3) is 0 Å². The molecule has 166 valence electrons. The summed E-state index contributed by atoms with van der Waals surface area (Å²) in [5.74, 6) is 0. The summed E-state index contributed by atoms with van der Waals surface area (Å²) in [4.78, 5) is 18.1. The second-order valence-electron chi connectivity index (χ2n) is 7.68. The van der Waals surface area contributed by atoms with E-state index in [-0.39, 0.29) is 19.0 Å². The van der Waals surface area contributed by atoms with E-state index in [2.05, 4.69) is 30.9 Å². The van der Waals surface area contributed by atoms with Crippen molar-refractivity contribution in [1.29, 1.82) is 0 Å². The third-order valence-corrected chi connectivity index (χ3v) is 5.74. The zero-order valence-corrected chi connectivity index (χ0v) is 19.3. The molecular formula is C21H41O5PS. The van der Waals surface area contributed by atoms with Crippen LogP contribution in [0, 0.1) is 0 Å². The number of rotatable bonds is 18. The zero-order valence-electron chi connectivity index (χ0n) is 17.6. The molecule has 0 aromatic carbocycles. The number of hydrogen-bond acceptors (Lipinski definition) is 4. The molecule has 2 N–H and O–H groups in total. The van der Waals surface area contributed by atoms with Gasteiger partial charge in [-0.3, -0.25) is 0 Å². The van der Waals surface area contributed by atoms with Crippen LogP contribution < -0.4 is 0 Å². The maximum absolute atomic E-state index is 9.05. The molecule has 0 bridgehead atoms. The highest BCUT2D eigenvalue weighted by molar-refractivity contribution is 8.06. The van der Waals surface area contributed by atoms with Crippen molar-refractivity contribution < 1.29 is 23.8 Å². The van der Waals surface area contributed by atoms with E-state index in [0.717, 1.165) is 12.8 Å². The molecule has 0 saturated carbocycles. The van der Waals surface area contributed by atoms with Crippen molar-refractivity contribution in [3.8, 4) is 0 Å². The lowest BCUT2D eigenvalue weighted by Crippen LogP contribution is -2.18. The molecular weight excluding hydrogens is 395 g/mol. The van der Waals surface area contributed by atoms with E-state index < -0.39 is 6.72 Å². The highest BCUT2D eigenvalue weighted by Crippen LogP contribution is 2.37. The molecule has 1 saturated heterocycles. The first kappa shape index (κ1) is 26.2. The van der Waals surface area contributed by atoms with Crippen LogP contribution in [-0.2, 0) is 25.8 Å². The number of ether oxygens (including phenoxy) is 2. The molecule has 1 heterocycles. The Morgan fingerprint density at radius 3 is 2.11 bits per heavy atom. The van der Waals surface area contributed by atoms with Gasteiger partial charge in [0.15, 0.2) is 6.29 Å². The minimum Gasteiger partial charge on any atom is -0.350 e. The van der Waals surface area contributed by atoms with Gasteiger partial charge in [0.1, 0.15) is 6.10 Å². The third kappa shape index (κ3) is 16.0. The predicted molar refractivity (Wildman–Crippen MR) is 119 cm³/mol. The minimum absolute atomic E-state index is 0.0765. The Bertz CT molecular complexity index is 441. The summed E-state index contributed by atoms with van der Waals surface area (Å²) in [6, 6.07) is 0. The molecule has 7 heteroatoms. The van der Waals surface area contributed by atoms with Crippen molar-refractivity contribution in [2.45, 2.75) is 109 Å². The summed E-state index contributed by atoms with van der Waals surface area (Å²) in [6.07, 6.45) is 21.9. The summed E-state index contributed by atoms with van der Waals surface area (Å²) in [7, 11) is 0. The second kappa shape index (κ2) is 16.9. The van der Waals surface area contributed by atoms with Crippen molar-refractivity contribution in [3.63, 3.8) is 0 Å². The molecule has 1 aliphatic heterocycles. The van der Waals surface area contributed by atoms with Crippen molar-refractivity contribution in [3.05, 3.63) is 12.2 Å². The standard InChI is InChI=1S/C21H41O5PS/c1-2-3-4-5-6-7-8-9-10-11-12-13-14-15-16-17-21-24-18-20(26-21)19-25-27(22,23)28/h9-10,20-21H,2-8,11-19H2,1H3,(H2,22,23,28)/b10-9+. The molecule has 0 aromatic heterocycles. The van der Waals surface area contributed by atoms with Crippen molar-refractivity contribution in [2.75, 3.05) is 13.2 Å². The molecule has 0 radical (unpaired) electrons. The van der Waals surface area contributed by atoms with Gasteiger partial charge in [0, 0.05) is 0 Å². The van der Waals surface area contributed by atoms with Gasteiger partial charge in [-0.05, 0) is 50.3 Å². The van der Waals surface area contributed by atoms with E-state index >= 15 is 0 Å². The molecule has 1 fully saturated rings. The van der Waals surface area contributed by atoms with Crippen LogP contribution in [0.3, 0.4) is 0 Å². The van der Waals surface area contributed by atoms with E-state index in [9.17, 15) is 0 Å². The van der Waals surface area contributed by atoms with Crippen LogP contribution in [0.1, 0.15) is 96.8 Å². The predicted octanol–water partition coefficient (Wildman–Crippen LogP) is 5.99. The molecule has 0 aromatic rings. The van der Waals surface area contributed by atoms with Gasteiger partial charge in [-0.25, -0.2) is 0 Å². The summed E-state index contributed by atoms with van der Waals surface area (Å²) in [5, 5.41) is 0. The van der Waals surface area contributed by atoms with E-state index in [1.54, 1.807) is 0 Å². The number of allylic oxidation sites excluding steroid dienone is 2. The molecule has 0 aliphatic carbocycles. The lowest BCUT2D eigenvalue weighted by atomic mass is 10.1. The van der Waals surface area contributed by atoms with Gasteiger partial charge in [-0.2, -0.15) is 0 Å². The van der Waals surface area contributed by atoms with E-state index in [4.69, 9.17) is 23.8 Å². The lowest BCUT2D eigenvalue weighted by Gasteiger charge is -2.13. The van der Waals surface area contributed by atoms with Gasteiger partial charge >= 0.3 is 6.72 Å². The summed E-state index contributed by atoms with van der Waals surface area (Å²) in [5.41, 5.74) is 0. The summed E-state index contributed by atoms with van der Waals surface area (Å²) in [6.45, 7) is -0.837. The van der Waals surface area contributed by atoms with Crippen LogP contribution in [0.4, 0.5) is 0 Å². The molecule has 1 aliphatic rings. The van der Waals surface area contributed by atoms with Gasteiger partial charge in [-0.15, -0.1) is 0 Å². The van der Waals surface area contributed by atoms with E-state index in [0.29, 0.717) is 6.61 Å². The quantitative estimate of drug-likeness (QED) is 0.156. The molecule has 5 nitrogen and oxygen atoms in total. The van der Waals surface area contributed by atoms with Gasteiger partial charge < -0.3 is 23.8 Å². The van der Waals surface area contributed by atoms with Crippen molar-refractivity contribution in [1.82, 2.24) is 0 Å². The van der Waals surface area contributed by atoms with Gasteiger partial charge in [-0.1, -0.05) is 70.4 Å². The maximum Gasteiger partial charge on any atom is 0.321 e. The largest absolute Gasteiger partial charge is 0.350 e. The van der Waals surface area contributed by atoms with Crippen LogP contribution in [0.5, 0.6) is 0 Å². The fraction of sp³-hybridized carbons (Fsp3) is 0.905. The van der Waals surface area contributed by atoms with Crippen molar-refractivity contribution in [2.24, 2.45) is 0 Å². The fourth-order valence-corrected chi connectivity index (χ4v) is 3.85. The monoisotopic (exact) mass is 436 g/mol. The Labute approximate surface area is 177 Å². The zero-order chi connectivity index (χ0) is 20.5. The summed E-state index contributed by atoms with van der Waals surface area (Å²) < 4.78 is 16.0. The second-order valence-corrected chi connectivity index (χ2v) is 10.3. The van der Waals surface area contributed by atoms with Crippen molar-refractivity contribution >= 4 is 18.5 Å². The highest BCUT2D eigenvalue weighted by Gasteiger charge is 2.27. The molecule has 0 spiro atoms. The normalized spacial score (nSPS) is 20.4. The van der Waals surface area contributed by atoms with Crippen LogP contribution in [-0.4, -0.2) is 35.4 Å². The molecule has 2 unspecified atom stereocenters. The fourth-order valence-electron chi connectivity index (χ4n) is 3.31. The Morgan fingerprint density at radius 1 is 0.929 bits per heavy atom. The van der Waals surface area contributed by atoms with Gasteiger partial charge in [0.2, 0.25) is 0 Å². The molecule has 0 amide bonds. The first-order chi connectivity index (χ1) is 13.5. The van der Waals surface area contributed by atoms with Crippen LogP contribution in [0.15, 0.2) is 12.2 Å². The Kier molecular flexibility index (Phi) is 15.9. The Morgan fingerprint density at radius 2 is 1.50 bits per heavy atom. The number of unbranched alkanes of at least 4 members (excludes halogenated alkanes) is 11.